The lowest BCUT2D eigenvalue weighted by Crippen LogP contribution is -2.15. The summed E-state index contributed by atoms with van der Waals surface area (Å²) in [6.45, 7) is 2.22. The zero-order valence-electron chi connectivity index (χ0n) is 11.7. The predicted molar refractivity (Wildman–Crippen MR) is 74.1 cm³/mol. The maximum atomic E-state index is 13.2. The molecule has 106 valence electrons. The van der Waals surface area contributed by atoms with Crippen molar-refractivity contribution < 1.29 is 9.50 Å². The fraction of sp³-hybridized carbons (Fsp3) is 0.688. The van der Waals surface area contributed by atoms with E-state index in [1.807, 2.05) is 0 Å². The molecule has 0 saturated heterocycles. The Morgan fingerprint density at radius 2 is 2.16 bits per heavy atom. The highest BCUT2D eigenvalue weighted by molar-refractivity contribution is 5.14. The first-order chi connectivity index (χ1) is 9.20. The molecule has 1 fully saturated rings. The molecule has 19 heavy (non-hydrogen) atoms. The molecular weight excluding hydrogens is 241 g/mol. The zero-order chi connectivity index (χ0) is 13.7. The number of nitrogens with zero attached hydrogens (tertiary/aromatic N) is 1. The molecular formula is C16H24FNO. The molecule has 0 unspecified atom stereocenters. The molecule has 0 aromatic carbocycles. The van der Waals surface area contributed by atoms with Crippen LogP contribution in [0.4, 0.5) is 4.39 Å². The number of hydrogen-bond acceptors (Lipinski definition) is 2. The van der Waals surface area contributed by atoms with E-state index < -0.39 is 6.10 Å². The molecule has 3 atom stereocenters. The summed E-state index contributed by atoms with van der Waals surface area (Å²) in [5.74, 6) is 0.603. The van der Waals surface area contributed by atoms with E-state index in [0.29, 0.717) is 11.5 Å². The summed E-state index contributed by atoms with van der Waals surface area (Å²) in [6.07, 6.45) is 10.5. The predicted octanol–water partition coefficient (Wildman–Crippen LogP) is 4.25. The lowest BCUT2D eigenvalue weighted by molar-refractivity contribution is 0.0893. The van der Waals surface area contributed by atoms with Gasteiger partial charge in [0.25, 0.3) is 0 Å². The minimum Gasteiger partial charge on any atom is -0.388 e. The van der Waals surface area contributed by atoms with Crippen LogP contribution < -0.4 is 0 Å². The summed E-state index contributed by atoms with van der Waals surface area (Å²) < 4.78 is 13.2. The van der Waals surface area contributed by atoms with Gasteiger partial charge in [0.05, 0.1) is 12.3 Å². The van der Waals surface area contributed by atoms with Crippen LogP contribution in [0.5, 0.6) is 0 Å². The van der Waals surface area contributed by atoms with Gasteiger partial charge in [-0.25, -0.2) is 4.39 Å². The smallest absolute Gasteiger partial charge is 0.141 e. The molecule has 1 aliphatic carbocycles. The third kappa shape index (κ3) is 4.00. The van der Waals surface area contributed by atoms with E-state index in [1.54, 1.807) is 6.20 Å². The van der Waals surface area contributed by atoms with Crippen LogP contribution >= 0.6 is 0 Å². The maximum Gasteiger partial charge on any atom is 0.141 e. The van der Waals surface area contributed by atoms with Gasteiger partial charge in [0, 0.05) is 11.8 Å². The Morgan fingerprint density at radius 1 is 1.37 bits per heavy atom. The number of hydrogen-bond donors (Lipinski definition) is 1. The minimum atomic E-state index is -0.569. The van der Waals surface area contributed by atoms with Crippen LogP contribution in [-0.2, 0) is 0 Å². The molecule has 1 saturated carbocycles. The average molecular weight is 265 g/mol. The Balaban J connectivity index is 2.06. The number of aliphatic hydroxyl groups is 1. The summed E-state index contributed by atoms with van der Waals surface area (Å²) in [7, 11) is 0. The van der Waals surface area contributed by atoms with Crippen molar-refractivity contribution in [1.82, 2.24) is 4.98 Å². The van der Waals surface area contributed by atoms with E-state index in [2.05, 4.69) is 11.9 Å². The van der Waals surface area contributed by atoms with Crippen molar-refractivity contribution in [3.63, 3.8) is 0 Å². The molecule has 1 aliphatic rings. The molecule has 1 aromatic rings. The van der Waals surface area contributed by atoms with E-state index in [4.69, 9.17) is 0 Å². The molecule has 1 heterocycles. The summed E-state index contributed by atoms with van der Waals surface area (Å²) in [4.78, 5) is 3.84. The largest absolute Gasteiger partial charge is 0.388 e. The highest BCUT2D eigenvalue weighted by Gasteiger charge is 2.26. The van der Waals surface area contributed by atoms with Gasteiger partial charge in [0.2, 0.25) is 0 Å². The van der Waals surface area contributed by atoms with Gasteiger partial charge in [0.1, 0.15) is 5.82 Å². The topological polar surface area (TPSA) is 33.1 Å². The molecule has 1 aromatic heterocycles. The highest BCUT2D eigenvalue weighted by Crippen LogP contribution is 2.37. The zero-order valence-corrected chi connectivity index (χ0v) is 11.7. The van der Waals surface area contributed by atoms with Crippen LogP contribution in [0, 0.1) is 17.7 Å². The van der Waals surface area contributed by atoms with Crippen LogP contribution in [0.3, 0.4) is 0 Å². The van der Waals surface area contributed by atoms with Crippen LogP contribution in [0.25, 0.3) is 0 Å². The van der Waals surface area contributed by atoms with Gasteiger partial charge in [-0.3, -0.25) is 4.98 Å². The summed E-state index contributed by atoms with van der Waals surface area (Å²) in [6, 6.07) is 1.41. The first-order valence-electron chi connectivity index (χ1n) is 7.49. The fourth-order valence-electron chi connectivity index (χ4n) is 3.32. The molecule has 2 nitrogen and oxygen atoms in total. The Kier molecular flexibility index (Phi) is 5.32. The van der Waals surface area contributed by atoms with Gasteiger partial charge >= 0.3 is 0 Å². The van der Waals surface area contributed by atoms with Gasteiger partial charge in [-0.15, -0.1) is 0 Å². The highest BCUT2D eigenvalue weighted by atomic mass is 19.1. The molecule has 0 aliphatic heterocycles. The van der Waals surface area contributed by atoms with Crippen LogP contribution in [0.2, 0.25) is 0 Å². The van der Waals surface area contributed by atoms with Crippen molar-refractivity contribution in [3.05, 3.63) is 29.8 Å². The lowest BCUT2D eigenvalue weighted by Gasteiger charge is -2.24. The van der Waals surface area contributed by atoms with Crippen LogP contribution in [0.1, 0.15) is 63.5 Å². The van der Waals surface area contributed by atoms with Gasteiger partial charge in [-0.1, -0.05) is 39.0 Å². The molecule has 0 bridgehead atoms. The summed E-state index contributed by atoms with van der Waals surface area (Å²) >= 11 is 0. The second-order valence-corrected chi connectivity index (χ2v) is 5.82. The Hall–Kier alpha value is -0.960. The number of aliphatic hydroxyl groups excluding tert-OH is 1. The van der Waals surface area contributed by atoms with Gasteiger partial charge in [-0.2, -0.15) is 0 Å². The van der Waals surface area contributed by atoms with E-state index in [-0.39, 0.29) is 11.7 Å². The Bertz CT molecular complexity index is 396. The quantitative estimate of drug-likeness (QED) is 0.825. The van der Waals surface area contributed by atoms with E-state index in [1.165, 1.54) is 44.4 Å². The number of rotatable bonds is 4. The Labute approximate surface area is 115 Å². The van der Waals surface area contributed by atoms with Crippen molar-refractivity contribution >= 4 is 0 Å². The van der Waals surface area contributed by atoms with Crippen LogP contribution in [-0.4, -0.2) is 10.1 Å². The van der Waals surface area contributed by atoms with Gasteiger partial charge in [-0.05, 0) is 30.7 Å². The number of aromatic nitrogens is 1. The fourth-order valence-corrected chi connectivity index (χ4v) is 3.32. The summed E-state index contributed by atoms with van der Waals surface area (Å²) in [5.41, 5.74) is 0.627. The number of halogens is 1. The minimum absolute atomic E-state index is 0.252. The maximum absolute atomic E-state index is 13.2. The Morgan fingerprint density at radius 3 is 2.89 bits per heavy atom. The molecule has 2 rings (SSSR count). The van der Waals surface area contributed by atoms with Crippen molar-refractivity contribution in [2.75, 3.05) is 0 Å². The lowest BCUT2D eigenvalue weighted by atomic mass is 9.85. The molecule has 0 amide bonds. The van der Waals surface area contributed by atoms with Crippen molar-refractivity contribution in [2.45, 2.75) is 58.0 Å². The molecule has 0 spiro atoms. The van der Waals surface area contributed by atoms with Gasteiger partial charge in [0.15, 0.2) is 0 Å². The second kappa shape index (κ2) is 6.99. The third-order valence-electron chi connectivity index (χ3n) is 4.28. The molecule has 3 heteroatoms. The molecule has 0 radical (unpaired) electrons. The first-order valence-corrected chi connectivity index (χ1v) is 7.49. The van der Waals surface area contributed by atoms with Gasteiger partial charge < -0.3 is 5.11 Å². The summed E-state index contributed by atoms with van der Waals surface area (Å²) in [5, 5.41) is 10.5. The van der Waals surface area contributed by atoms with E-state index in [0.717, 1.165) is 12.8 Å². The van der Waals surface area contributed by atoms with Crippen LogP contribution in [0.15, 0.2) is 18.5 Å². The van der Waals surface area contributed by atoms with E-state index in [9.17, 15) is 9.50 Å². The van der Waals surface area contributed by atoms with E-state index >= 15 is 0 Å². The molecule has 1 N–H and O–H groups in total. The first kappa shape index (κ1) is 14.4. The van der Waals surface area contributed by atoms with Crippen molar-refractivity contribution in [1.29, 1.82) is 0 Å². The second-order valence-electron chi connectivity index (χ2n) is 5.82. The third-order valence-corrected chi connectivity index (χ3v) is 4.28. The van der Waals surface area contributed by atoms with Crippen molar-refractivity contribution in [3.8, 4) is 0 Å². The standard InChI is InChI=1S/C16H24FNO/c1-2-5-12-6-3-4-7-13(8-12)16(19)14-9-15(17)11-18-10-14/h9-13,16,19H,2-8H2,1H3/t12-,13+,16+/m1/s1. The normalized spacial score (nSPS) is 25.8. The number of pyridine rings is 1. The SMILES string of the molecule is CCC[C@@H]1CCCC[C@H]([C@H](O)c2cncc(F)c2)C1. The van der Waals surface area contributed by atoms with Crippen molar-refractivity contribution in [2.24, 2.45) is 11.8 Å². The monoisotopic (exact) mass is 265 g/mol. The average Bonchev–Trinajstić information content (AvgIpc) is 2.64.